The number of hydrogen-bond donors (Lipinski definition) is 1. The number of alkyl halides is 1. The second-order valence-electron chi connectivity index (χ2n) is 14.6. The topological polar surface area (TPSA) is 110 Å². The molecule has 2 N–H and O–H groups in total. The fourth-order valence-corrected chi connectivity index (χ4v) is 9.15. The van der Waals surface area contributed by atoms with Gasteiger partial charge in [0.25, 0.3) is 0 Å². The number of ether oxygens (including phenoxy) is 3. The van der Waals surface area contributed by atoms with Crippen LogP contribution in [0.4, 0.5) is 15.9 Å². The summed E-state index contributed by atoms with van der Waals surface area (Å²) >= 11 is 0. The van der Waals surface area contributed by atoms with E-state index >= 15 is 0 Å². The van der Waals surface area contributed by atoms with Crippen LogP contribution in [-0.2, 0) is 28.1 Å². The number of nitrogen functional groups attached to an aromatic ring is 1. The Balaban J connectivity index is 1.15. The van der Waals surface area contributed by atoms with Crippen LogP contribution in [0.2, 0.25) is 0 Å². The number of benzene rings is 1. The van der Waals surface area contributed by atoms with E-state index in [2.05, 4.69) is 35.8 Å². The van der Waals surface area contributed by atoms with Crippen LogP contribution in [0.3, 0.4) is 0 Å². The molecule has 234 valence electrons. The molecule has 8 rings (SSSR count). The van der Waals surface area contributed by atoms with Gasteiger partial charge >= 0.3 is 6.01 Å². The standard InChI is InChI=1S/C34H43FN6O3/c1-21-6-10-34(29-24(21)4-5-27(37)25(29)14-36)13-28-26(16-44-34)30(40-17-32(18-40)9-7-22(2)42-19-32)39-31(38-28)43-20-33-8-3-11-41(33)15-23(35)12-33/h4-5,21-23H,3,6-13,15-20,37H2,1-2H3. The lowest BCUT2D eigenvalue weighted by molar-refractivity contribution is -0.0879. The van der Waals surface area contributed by atoms with Crippen molar-refractivity contribution in [1.29, 1.82) is 5.26 Å². The van der Waals surface area contributed by atoms with E-state index in [1.54, 1.807) is 0 Å². The van der Waals surface area contributed by atoms with Crippen LogP contribution in [0.1, 0.15) is 92.7 Å². The maximum absolute atomic E-state index is 14.5. The first-order valence-corrected chi connectivity index (χ1v) is 16.5. The minimum atomic E-state index is -0.816. The smallest absolute Gasteiger partial charge is 0.318 e. The van der Waals surface area contributed by atoms with Gasteiger partial charge in [0.2, 0.25) is 0 Å². The lowest BCUT2D eigenvalue weighted by atomic mass is 9.69. The minimum Gasteiger partial charge on any atom is -0.461 e. The highest BCUT2D eigenvalue weighted by Gasteiger charge is 2.51. The summed E-state index contributed by atoms with van der Waals surface area (Å²) in [7, 11) is 0. The molecule has 5 aliphatic heterocycles. The highest BCUT2D eigenvalue weighted by atomic mass is 19.1. The van der Waals surface area contributed by atoms with Crippen molar-refractivity contribution < 1.29 is 18.6 Å². The Bertz CT molecular complexity index is 1510. The Morgan fingerprint density at radius 3 is 2.84 bits per heavy atom. The Hall–Kier alpha value is -3.00. The largest absolute Gasteiger partial charge is 0.461 e. The molecule has 0 radical (unpaired) electrons. The van der Waals surface area contributed by atoms with Gasteiger partial charge in [0.15, 0.2) is 0 Å². The monoisotopic (exact) mass is 602 g/mol. The molecule has 5 atom stereocenters. The molecule has 1 aliphatic carbocycles. The maximum atomic E-state index is 14.5. The predicted molar refractivity (Wildman–Crippen MR) is 163 cm³/mol. The average molecular weight is 603 g/mol. The summed E-state index contributed by atoms with van der Waals surface area (Å²) in [6.45, 7) is 9.03. The molecule has 0 bridgehead atoms. The van der Waals surface area contributed by atoms with Gasteiger partial charge in [-0.2, -0.15) is 15.2 Å². The zero-order chi connectivity index (χ0) is 30.3. The molecule has 6 heterocycles. The fourth-order valence-electron chi connectivity index (χ4n) is 9.15. The third-order valence-corrected chi connectivity index (χ3v) is 11.7. The number of fused-ring (bicyclic) bond motifs is 4. The van der Waals surface area contributed by atoms with Crippen LogP contribution in [0.5, 0.6) is 6.01 Å². The SMILES string of the molecule is CC1CCC2(CO1)CN(c1nc(OCC34CCCN3CC(F)C4)nc3c1COC1(CCC(C)c4ccc(N)c(C#N)c41)C3)C2. The first-order chi connectivity index (χ1) is 21.2. The number of nitriles is 1. The van der Waals surface area contributed by atoms with Crippen molar-refractivity contribution in [2.45, 2.75) is 101 Å². The van der Waals surface area contributed by atoms with Gasteiger partial charge in [-0.05, 0) is 69.5 Å². The van der Waals surface area contributed by atoms with Gasteiger partial charge in [-0.1, -0.05) is 13.0 Å². The van der Waals surface area contributed by atoms with E-state index in [-0.39, 0.29) is 11.0 Å². The second kappa shape index (κ2) is 10.3. The quantitative estimate of drug-likeness (QED) is 0.496. The molecule has 44 heavy (non-hydrogen) atoms. The van der Waals surface area contributed by atoms with Crippen LogP contribution >= 0.6 is 0 Å². The van der Waals surface area contributed by atoms with Crippen LogP contribution in [0, 0.1) is 16.7 Å². The first-order valence-electron chi connectivity index (χ1n) is 16.5. The molecule has 4 fully saturated rings. The van der Waals surface area contributed by atoms with Gasteiger partial charge in [-0.15, -0.1) is 0 Å². The molecular formula is C34H43FN6O3. The van der Waals surface area contributed by atoms with Gasteiger partial charge in [-0.3, -0.25) is 4.90 Å². The molecular weight excluding hydrogens is 559 g/mol. The van der Waals surface area contributed by atoms with Crippen molar-refractivity contribution in [2.75, 3.05) is 50.0 Å². The summed E-state index contributed by atoms with van der Waals surface area (Å²) in [5.41, 5.74) is 10.5. The molecule has 2 spiro atoms. The molecule has 1 aromatic heterocycles. The van der Waals surface area contributed by atoms with Gasteiger partial charge in [0, 0.05) is 54.7 Å². The van der Waals surface area contributed by atoms with Gasteiger partial charge < -0.3 is 24.8 Å². The number of nitrogens with two attached hydrogens (primary N) is 1. The normalized spacial score (nSPS) is 33.9. The number of rotatable bonds is 4. The maximum Gasteiger partial charge on any atom is 0.318 e. The predicted octanol–water partition coefficient (Wildman–Crippen LogP) is 4.76. The average Bonchev–Trinajstić information content (AvgIpc) is 3.52. The van der Waals surface area contributed by atoms with E-state index in [9.17, 15) is 9.65 Å². The first kappa shape index (κ1) is 28.5. The van der Waals surface area contributed by atoms with Gasteiger partial charge in [0.1, 0.15) is 30.3 Å². The van der Waals surface area contributed by atoms with Crippen molar-refractivity contribution in [1.82, 2.24) is 14.9 Å². The van der Waals surface area contributed by atoms with Crippen LogP contribution in [0.25, 0.3) is 0 Å². The number of anilines is 2. The van der Waals surface area contributed by atoms with E-state index in [0.29, 0.717) is 61.9 Å². The summed E-state index contributed by atoms with van der Waals surface area (Å²) in [6, 6.07) is 6.66. The number of hydrogen-bond acceptors (Lipinski definition) is 9. The highest BCUT2D eigenvalue weighted by molar-refractivity contribution is 5.64. The third kappa shape index (κ3) is 4.41. The third-order valence-electron chi connectivity index (χ3n) is 11.7. The summed E-state index contributed by atoms with van der Waals surface area (Å²) in [5.74, 6) is 1.18. The zero-order valence-corrected chi connectivity index (χ0v) is 25.9. The Morgan fingerprint density at radius 2 is 2.05 bits per heavy atom. The van der Waals surface area contributed by atoms with E-state index < -0.39 is 11.8 Å². The van der Waals surface area contributed by atoms with E-state index in [1.165, 1.54) is 0 Å². The molecule has 0 saturated carbocycles. The van der Waals surface area contributed by atoms with E-state index in [4.69, 9.17) is 29.9 Å². The van der Waals surface area contributed by atoms with Gasteiger partial charge in [-0.25, -0.2) is 4.39 Å². The molecule has 2 aromatic rings. The highest BCUT2D eigenvalue weighted by Crippen LogP contribution is 2.52. The van der Waals surface area contributed by atoms with E-state index in [0.717, 1.165) is 93.0 Å². The van der Waals surface area contributed by atoms with Crippen molar-refractivity contribution in [3.05, 3.63) is 40.1 Å². The Labute approximate surface area is 258 Å². The van der Waals surface area contributed by atoms with Crippen LogP contribution in [0.15, 0.2) is 12.1 Å². The summed E-state index contributed by atoms with van der Waals surface area (Å²) < 4.78 is 33.9. The van der Waals surface area contributed by atoms with Crippen LogP contribution < -0.4 is 15.4 Å². The van der Waals surface area contributed by atoms with Crippen molar-refractivity contribution in [3.63, 3.8) is 0 Å². The number of halogens is 1. The Kier molecular flexibility index (Phi) is 6.64. The summed E-state index contributed by atoms with van der Waals surface area (Å²) in [6.07, 6.45) is 6.48. The Morgan fingerprint density at radius 1 is 1.18 bits per heavy atom. The number of aromatic nitrogens is 2. The summed E-state index contributed by atoms with van der Waals surface area (Å²) in [4.78, 5) is 14.7. The fraction of sp³-hybridized carbons (Fsp3) is 0.676. The zero-order valence-electron chi connectivity index (χ0n) is 25.9. The van der Waals surface area contributed by atoms with Crippen molar-refractivity contribution >= 4 is 11.5 Å². The second-order valence-corrected chi connectivity index (χ2v) is 14.6. The minimum absolute atomic E-state index is 0.156. The van der Waals surface area contributed by atoms with Crippen molar-refractivity contribution in [2.24, 2.45) is 5.41 Å². The number of nitrogens with zero attached hydrogens (tertiary/aromatic N) is 5. The summed E-state index contributed by atoms with van der Waals surface area (Å²) in [5, 5.41) is 10.2. The lowest BCUT2D eigenvalue weighted by Crippen LogP contribution is -2.61. The molecule has 4 saturated heterocycles. The lowest BCUT2D eigenvalue weighted by Gasteiger charge is -2.54. The van der Waals surface area contributed by atoms with Crippen LogP contribution in [-0.4, -0.2) is 72.1 Å². The van der Waals surface area contributed by atoms with E-state index in [1.807, 2.05) is 6.07 Å². The molecule has 1 aromatic carbocycles. The molecule has 9 nitrogen and oxygen atoms in total. The molecule has 10 heteroatoms. The molecule has 5 unspecified atom stereocenters. The molecule has 0 amide bonds. The molecule has 6 aliphatic rings. The van der Waals surface area contributed by atoms with Gasteiger partial charge in [0.05, 0.1) is 36.1 Å². The van der Waals surface area contributed by atoms with Crippen molar-refractivity contribution in [3.8, 4) is 12.1 Å².